The van der Waals surface area contributed by atoms with E-state index in [0.717, 1.165) is 17.4 Å². The number of thioether (sulfide) groups is 1. The summed E-state index contributed by atoms with van der Waals surface area (Å²) in [6, 6.07) is 0.179. The largest absolute Gasteiger partial charge is 0.271 e. The van der Waals surface area contributed by atoms with E-state index in [4.69, 9.17) is 5.84 Å². The molecule has 0 aromatic carbocycles. The number of nitrogens with zero attached hydrogens (tertiary/aromatic N) is 2. The summed E-state index contributed by atoms with van der Waals surface area (Å²) >= 11 is 5.63. The van der Waals surface area contributed by atoms with Crippen molar-refractivity contribution in [3.63, 3.8) is 0 Å². The van der Waals surface area contributed by atoms with Crippen LogP contribution in [0, 0.1) is 0 Å². The van der Waals surface area contributed by atoms with E-state index in [9.17, 15) is 0 Å². The monoisotopic (exact) mass is 332 g/mol. The third-order valence-electron chi connectivity index (χ3n) is 3.33. The van der Waals surface area contributed by atoms with Crippen LogP contribution >= 0.6 is 27.7 Å². The van der Waals surface area contributed by atoms with Gasteiger partial charge in [-0.3, -0.25) is 16.0 Å². The minimum atomic E-state index is 0.179. The highest BCUT2D eigenvalue weighted by Gasteiger charge is 2.29. The van der Waals surface area contributed by atoms with Gasteiger partial charge in [0.1, 0.15) is 0 Å². The molecule has 1 aromatic heterocycles. The van der Waals surface area contributed by atoms with Gasteiger partial charge in [-0.05, 0) is 40.9 Å². The second-order valence-corrected chi connectivity index (χ2v) is 6.85. The van der Waals surface area contributed by atoms with E-state index >= 15 is 0 Å². The van der Waals surface area contributed by atoms with Crippen molar-refractivity contribution in [3.05, 3.63) is 16.4 Å². The average Bonchev–Trinajstić information content (AvgIpc) is 2.75. The summed E-state index contributed by atoms with van der Waals surface area (Å²) in [6.45, 7) is 3.11. The van der Waals surface area contributed by atoms with Crippen LogP contribution < -0.4 is 11.3 Å². The van der Waals surface area contributed by atoms with E-state index in [-0.39, 0.29) is 6.04 Å². The maximum atomic E-state index is 5.80. The number of hydrogen-bond acceptors (Lipinski definition) is 4. The highest BCUT2D eigenvalue weighted by atomic mass is 79.9. The van der Waals surface area contributed by atoms with Crippen LogP contribution in [0.1, 0.15) is 44.3 Å². The van der Waals surface area contributed by atoms with E-state index in [0.29, 0.717) is 5.25 Å². The van der Waals surface area contributed by atoms with Gasteiger partial charge in [0.2, 0.25) is 0 Å². The predicted molar refractivity (Wildman–Crippen MR) is 80.4 cm³/mol. The first kappa shape index (κ1) is 14.4. The first-order valence-corrected chi connectivity index (χ1v) is 8.41. The molecular weight excluding hydrogens is 312 g/mol. The van der Waals surface area contributed by atoms with Crippen LogP contribution in [0.3, 0.4) is 0 Å². The Morgan fingerprint density at radius 1 is 1.67 bits per heavy atom. The molecule has 2 rings (SSSR count). The zero-order valence-corrected chi connectivity index (χ0v) is 13.1. The Bertz CT molecular complexity index is 376. The van der Waals surface area contributed by atoms with Crippen molar-refractivity contribution >= 4 is 27.7 Å². The van der Waals surface area contributed by atoms with Gasteiger partial charge in [-0.15, -0.1) is 0 Å². The quantitative estimate of drug-likeness (QED) is 0.643. The molecule has 1 saturated heterocycles. The molecule has 0 amide bonds. The Balaban J connectivity index is 2.22. The molecule has 0 saturated carbocycles. The van der Waals surface area contributed by atoms with Gasteiger partial charge in [0.15, 0.2) is 0 Å². The Morgan fingerprint density at radius 2 is 2.50 bits per heavy atom. The van der Waals surface area contributed by atoms with Gasteiger partial charge in [0.05, 0.1) is 22.4 Å². The summed E-state index contributed by atoms with van der Waals surface area (Å²) in [4.78, 5) is 0. The van der Waals surface area contributed by atoms with Crippen molar-refractivity contribution < 1.29 is 0 Å². The van der Waals surface area contributed by atoms with Crippen molar-refractivity contribution in [2.24, 2.45) is 5.84 Å². The van der Waals surface area contributed by atoms with Crippen molar-refractivity contribution in [3.8, 4) is 0 Å². The first-order chi connectivity index (χ1) is 8.77. The van der Waals surface area contributed by atoms with Crippen LogP contribution in [0.2, 0.25) is 0 Å². The lowest BCUT2D eigenvalue weighted by Gasteiger charge is -2.30. The summed E-state index contributed by atoms with van der Waals surface area (Å²) < 4.78 is 3.13. The fraction of sp³-hybridized carbons (Fsp3) is 0.750. The van der Waals surface area contributed by atoms with E-state index < -0.39 is 0 Å². The molecule has 4 nitrogen and oxygen atoms in total. The predicted octanol–water partition coefficient (Wildman–Crippen LogP) is 2.85. The van der Waals surface area contributed by atoms with Gasteiger partial charge in [0.25, 0.3) is 0 Å². The minimum absolute atomic E-state index is 0.179. The number of nitrogens with two attached hydrogens (primary N) is 1. The van der Waals surface area contributed by atoms with E-state index in [1.807, 2.05) is 18.0 Å². The lowest BCUT2D eigenvalue weighted by molar-refractivity contribution is 0.444. The van der Waals surface area contributed by atoms with Gasteiger partial charge in [-0.2, -0.15) is 16.9 Å². The van der Waals surface area contributed by atoms with Crippen molar-refractivity contribution in [1.82, 2.24) is 15.2 Å². The second-order valence-electron chi connectivity index (χ2n) is 4.65. The van der Waals surface area contributed by atoms with Crippen LogP contribution in [0.5, 0.6) is 0 Å². The Hall–Kier alpha value is -0.0400. The fourth-order valence-electron chi connectivity index (χ4n) is 2.46. The number of halogens is 1. The molecule has 1 aliphatic rings. The Kier molecular flexibility index (Phi) is 5.54. The molecule has 102 valence electrons. The van der Waals surface area contributed by atoms with Crippen LogP contribution in [0.25, 0.3) is 0 Å². The molecule has 0 spiro atoms. The molecule has 18 heavy (non-hydrogen) atoms. The summed E-state index contributed by atoms with van der Waals surface area (Å²) in [5.74, 6) is 7.04. The minimum Gasteiger partial charge on any atom is -0.271 e. The SMILES string of the molecule is CCCn1ncc(Br)c1C(NN)C1CCCCS1. The van der Waals surface area contributed by atoms with E-state index in [1.165, 1.54) is 30.7 Å². The molecule has 3 N–H and O–H groups in total. The zero-order valence-electron chi connectivity index (χ0n) is 10.7. The molecule has 2 atom stereocenters. The fourth-order valence-corrected chi connectivity index (χ4v) is 4.41. The summed E-state index contributed by atoms with van der Waals surface area (Å²) in [6.07, 6.45) is 6.81. The van der Waals surface area contributed by atoms with Crippen LogP contribution in [-0.2, 0) is 6.54 Å². The molecule has 0 aliphatic carbocycles. The first-order valence-electron chi connectivity index (χ1n) is 6.56. The summed E-state index contributed by atoms with van der Waals surface area (Å²) in [7, 11) is 0. The third kappa shape index (κ3) is 3.10. The van der Waals surface area contributed by atoms with Gasteiger partial charge in [0, 0.05) is 11.8 Å². The molecule has 1 fully saturated rings. The second kappa shape index (κ2) is 6.93. The van der Waals surface area contributed by atoms with E-state index in [2.05, 4.69) is 38.1 Å². The van der Waals surface area contributed by atoms with Crippen molar-refractivity contribution in [2.45, 2.75) is 50.4 Å². The average molecular weight is 333 g/mol. The van der Waals surface area contributed by atoms with E-state index in [1.54, 1.807) is 0 Å². The Morgan fingerprint density at radius 3 is 3.11 bits per heavy atom. The van der Waals surface area contributed by atoms with Gasteiger partial charge < -0.3 is 0 Å². The Labute approximate surface area is 121 Å². The number of aryl methyl sites for hydroxylation is 1. The van der Waals surface area contributed by atoms with Crippen LogP contribution in [-0.4, -0.2) is 20.8 Å². The highest BCUT2D eigenvalue weighted by molar-refractivity contribution is 9.10. The van der Waals surface area contributed by atoms with Crippen molar-refractivity contribution in [1.29, 1.82) is 0 Å². The standard InChI is InChI=1S/C12H21BrN4S/c1-2-6-17-12(9(13)8-15-17)11(16-14)10-5-3-4-7-18-10/h8,10-11,16H,2-7,14H2,1H3. The zero-order chi connectivity index (χ0) is 13.0. The third-order valence-corrected chi connectivity index (χ3v) is 5.40. The number of nitrogens with one attached hydrogen (secondary N) is 1. The van der Waals surface area contributed by atoms with Crippen LogP contribution in [0.15, 0.2) is 10.7 Å². The lowest BCUT2D eigenvalue weighted by Crippen LogP contribution is -2.38. The van der Waals surface area contributed by atoms with Gasteiger partial charge in [-0.25, -0.2) is 0 Å². The van der Waals surface area contributed by atoms with Gasteiger partial charge >= 0.3 is 0 Å². The summed E-state index contributed by atoms with van der Waals surface area (Å²) in [5.41, 5.74) is 4.20. The smallest absolute Gasteiger partial charge is 0.0758 e. The molecule has 0 bridgehead atoms. The molecule has 2 unspecified atom stereocenters. The number of hydrazine groups is 1. The molecule has 1 aliphatic heterocycles. The molecule has 1 aromatic rings. The van der Waals surface area contributed by atoms with Crippen molar-refractivity contribution in [2.75, 3.05) is 5.75 Å². The maximum Gasteiger partial charge on any atom is 0.0758 e. The lowest BCUT2D eigenvalue weighted by atomic mass is 10.0. The maximum absolute atomic E-state index is 5.80. The molecule has 0 radical (unpaired) electrons. The number of rotatable bonds is 5. The number of hydrogen-bond donors (Lipinski definition) is 2. The molecule has 2 heterocycles. The molecular formula is C12H21BrN4S. The van der Waals surface area contributed by atoms with Gasteiger partial charge in [-0.1, -0.05) is 13.3 Å². The van der Waals surface area contributed by atoms with Crippen LogP contribution in [0.4, 0.5) is 0 Å². The highest BCUT2D eigenvalue weighted by Crippen LogP contribution is 2.36. The summed E-state index contributed by atoms with van der Waals surface area (Å²) in [5, 5.41) is 4.98. The molecule has 6 heteroatoms. The normalized spacial score (nSPS) is 22.1. The number of aromatic nitrogens is 2. The topological polar surface area (TPSA) is 55.9 Å².